The Morgan fingerprint density at radius 2 is 0.925 bits per heavy atom. The molecule has 0 aromatic rings. The molecule has 0 bridgehead atoms. The van der Waals surface area contributed by atoms with Crippen molar-refractivity contribution in [3.8, 4) is 0 Å². The van der Waals surface area contributed by atoms with Crippen LogP contribution in [0.3, 0.4) is 0 Å². The lowest BCUT2D eigenvalue weighted by atomic mass is 9.91. The van der Waals surface area contributed by atoms with Crippen LogP contribution in [0, 0.1) is 29.6 Å². The fourth-order valence-electron chi connectivity index (χ4n) is 9.61. The van der Waals surface area contributed by atoms with Crippen molar-refractivity contribution in [2.45, 2.75) is 202 Å². The standard InChI is InChI=1S/C57H101N11O12/c1-23-25-26-35(11)47(70)46-51(74)60-40(24-2)53(76)62(16)30-44(69)63(17)38(14)50(73)61-41(27-31(3)4)54(77)64(18)39(15)49(72)58-36(12)48(71)59-37(13)52(75)65(19)42(28-32(5)6)55(78)66(20)43(29-33(7)8)56(79)67(21)45(34(9)10)57(80)68(46)22/h23,25,31-43,45-47,70H,24,26-30H2,1-22H3,(H,58,72)(H,59,71)(H,60,74)(H,61,73)/b25-23+/t35-,36+,37-,38-,39+,40+,41+,42+,43-,45+,46+,47-/m1/s1. The van der Waals surface area contributed by atoms with Crippen molar-refractivity contribution in [1.29, 1.82) is 0 Å². The topological polar surface area (TPSA) is 279 Å². The smallest absolute Gasteiger partial charge is 0.246 e. The Labute approximate surface area is 477 Å². The van der Waals surface area contributed by atoms with E-state index in [9.17, 15) is 48.3 Å². The largest absolute Gasteiger partial charge is 0.390 e. The van der Waals surface area contributed by atoms with Gasteiger partial charge in [-0.05, 0) is 96.3 Å². The minimum absolute atomic E-state index is 0.0245. The third-order valence-corrected chi connectivity index (χ3v) is 15.2. The number of likely N-dealkylation sites (N-methyl/N-ethyl adjacent to an activating group) is 7. The van der Waals surface area contributed by atoms with Crippen molar-refractivity contribution < 1.29 is 57.8 Å². The van der Waals surface area contributed by atoms with E-state index >= 15 is 9.59 Å². The number of rotatable bonds is 12. The fourth-order valence-corrected chi connectivity index (χ4v) is 9.61. The zero-order chi connectivity index (χ0) is 62.1. The Kier molecular flexibility index (Phi) is 29.1. The van der Waals surface area contributed by atoms with Crippen LogP contribution in [0.2, 0.25) is 0 Å². The number of carbonyl (C=O) groups is 11. The molecule has 1 fully saturated rings. The van der Waals surface area contributed by atoms with E-state index in [0.717, 1.165) is 19.6 Å². The first kappa shape index (κ1) is 71.9. The Morgan fingerprint density at radius 1 is 0.487 bits per heavy atom. The first-order valence-corrected chi connectivity index (χ1v) is 28.3. The van der Waals surface area contributed by atoms with Crippen molar-refractivity contribution in [2.24, 2.45) is 29.6 Å². The van der Waals surface area contributed by atoms with E-state index in [1.807, 2.05) is 41.5 Å². The molecule has 80 heavy (non-hydrogen) atoms. The van der Waals surface area contributed by atoms with Gasteiger partial charge in [-0.3, -0.25) is 52.7 Å². The minimum atomic E-state index is -1.60. The van der Waals surface area contributed by atoms with Gasteiger partial charge in [0, 0.05) is 49.3 Å². The molecule has 0 unspecified atom stereocenters. The predicted molar refractivity (Wildman–Crippen MR) is 305 cm³/mol. The van der Waals surface area contributed by atoms with Crippen LogP contribution in [-0.2, 0) is 52.7 Å². The Morgan fingerprint density at radius 3 is 1.40 bits per heavy atom. The van der Waals surface area contributed by atoms with Gasteiger partial charge in [0.2, 0.25) is 65.0 Å². The van der Waals surface area contributed by atoms with Crippen molar-refractivity contribution in [3.05, 3.63) is 12.2 Å². The summed E-state index contributed by atoms with van der Waals surface area (Å²) in [5.74, 6) is -9.20. The number of hydrogen-bond acceptors (Lipinski definition) is 12. The number of allylic oxidation sites excluding steroid dienone is 2. The van der Waals surface area contributed by atoms with Crippen molar-refractivity contribution in [1.82, 2.24) is 55.6 Å². The first-order chi connectivity index (χ1) is 36.9. The van der Waals surface area contributed by atoms with E-state index in [2.05, 4.69) is 21.3 Å². The maximum absolute atomic E-state index is 15.0. The molecule has 0 saturated carbocycles. The summed E-state index contributed by atoms with van der Waals surface area (Å²) in [5, 5.41) is 22.7. The van der Waals surface area contributed by atoms with Crippen LogP contribution in [0.15, 0.2) is 12.2 Å². The molecule has 12 atom stereocenters. The number of carbonyl (C=O) groups excluding carboxylic acids is 11. The summed E-state index contributed by atoms with van der Waals surface area (Å²) in [6, 6.07) is -12.3. The van der Waals surface area contributed by atoms with Gasteiger partial charge in [-0.15, -0.1) is 0 Å². The lowest BCUT2D eigenvalue weighted by Crippen LogP contribution is -2.63. The number of amides is 11. The molecule has 1 aliphatic heterocycles. The number of aliphatic hydroxyl groups is 1. The summed E-state index contributed by atoms with van der Waals surface area (Å²) < 4.78 is 0. The second-order valence-corrected chi connectivity index (χ2v) is 23.6. The van der Waals surface area contributed by atoms with E-state index in [-0.39, 0.29) is 43.4 Å². The van der Waals surface area contributed by atoms with Crippen molar-refractivity contribution in [2.75, 3.05) is 55.9 Å². The van der Waals surface area contributed by atoms with Gasteiger partial charge >= 0.3 is 0 Å². The lowest BCUT2D eigenvalue weighted by molar-refractivity contribution is -0.157. The van der Waals surface area contributed by atoms with E-state index in [0.29, 0.717) is 6.42 Å². The molecular weight excluding hydrogens is 1030 g/mol. The highest BCUT2D eigenvalue weighted by Gasteiger charge is 2.45. The van der Waals surface area contributed by atoms with E-state index in [4.69, 9.17) is 0 Å². The molecule has 0 radical (unpaired) electrons. The molecule has 0 aliphatic carbocycles. The van der Waals surface area contributed by atoms with Gasteiger partial charge in [-0.1, -0.05) is 81.4 Å². The highest BCUT2D eigenvalue weighted by Crippen LogP contribution is 2.25. The van der Waals surface area contributed by atoms with E-state index in [1.54, 1.807) is 46.8 Å². The van der Waals surface area contributed by atoms with E-state index < -0.39 is 150 Å². The third kappa shape index (κ3) is 19.6. The van der Waals surface area contributed by atoms with Crippen LogP contribution in [0.25, 0.3) is 0 Å². The average Bonchev–Trinajstić information content (AvgIpc) is 3.38. The molecule has 456 valence electrons. The van der Waals surface area contributed by atoms with Crippen LogP contribution in [-0.4, -0.2) is 227 Å². The molecule has 1 aliphatic rings. The molecule has 23 nitrogen and oxygen atoms in total. The van der Waals surface area contributed by atoms with Gasteiger partial charge in [0.25, 0.3) is 0 Å². The molecule has 1 heterocycles. The SMILES string of the molecule is C/C=C/C[C@@H](C)[C@@H](O)[C@H]1C(=O)N[C@@H](CC)C(=O)N(C)CC(=O)N(C)[C@H](C)C(=O)N[C@@H](CC(C)C)C(=O)N(C)[C@@H](C)C(=O)N[C@@H](C)C(=O)N[C@H](C)C(=O)N(C)[C@@H](CC(C)C)C(=O)N(C)[C@H](CC(C)C)C(=O)N(C)[C@@H](C(C)C)C(=O)N1C. The zero-order valence-corrected chi connectivity index (χ0v) is 52.2. The quantitative estimate of drug-likeness (QED) is 0.175. The molecule has 23 heteroatoms. The highest BCUT2D eigenvalue weighted by atomic mass is 16.3. The maximum Gasteiger partial charge on any atom is 0.246 e. The average molecular weight is 1130 g/mol. The molecule has 1 rings (SSSR count). The summed E-state index contributed by atoms with van der Waals surface area (Å²) >= 11 is 0. The second-order valence-electron chi connectivity index (χ2n) is 23.6. The first-order valence-electron chi connectivity index (χ1n) is 28.3. The van der Waals surface area contributed by atoms with Crippen LogP contribution < -0.4 is 21.3 Å². The Hall–Kier alpha value is -6.13. The number of nitrogens with zero attached hydrogens (tertiary/aromatic N) is 7. The molecular formula is C57H101N11O12. The van der Waals surface area contributed by atoms with Crippen LogP contribution >= 0.6 is 0 Å². The van der Waals surface area contributed by atoms with Gasteiger partial charge in [-0.2, -0.15) is 0 Å². The summed E-state index contributed by atoms with van der Waals surface area (Å²) in [6.07, 6.45) is 2.87. The van der Waals surface area contributed by atoms with E-state index in [1.165, 1.54) is 91.7 Å². The number of aliphatic hydroxyl groups excluding tert-OH is 1. The summed E-state index contributed by atoms with van der Waals surface area (Å²) in [5.41, 5.74) is 0. The summed E-state index contributed by atoms with van der Waals surface area (Å²) in [6.45, 7) is 24.9. The molecule has 11 amide bonds. The van der Waals surface area contributed by atoms with Crippen LogP contribution in [0.4, 0.5) is 0 Å². The van der Waals surface area contributed by atoms with Gasteiger partial charge < -0.3 is 60.7 Å². The summed E-state index contributed by atoms with van der Waals surface area (Å²) in [4.78, 5) is 165. The van der Waals surface area contributed by atoms with Gasteiger partial charge in [0.1, 0.15) is 60.4 Å². The number of nitrogens with one attached hydrogen (secondary N) is 4. The second kappa shape index (κ2) is 32.3. The molecule has 0 aromatic heterocycles. The van der Waals surface area contributed by atoms with Crippen molar-refractivity contribution >= 4 is 65.0 Å². The van der Waals surface area contributed by atoms with Gasteiger partial charge in [-0.25, -0.2) is 0 Å². The monoisotopic (exact) mass is 1130 g/mol. The zero-order valence-electron chi connectivity index (χ0n) is 52.2. The normalized spacial score (nSPS) is 27.7. The minimum Gasteiger partial charge on any atom is -0.390 e. The fraction of sp³-hybridized carbons (Fsp3) is 0.772. The van der Waals surface area contributed by atoms with Gasteiger partial charge in [0.05, 0.1) is 12.6 Å². The lowest BCUT2D eigenvalue weighted by Gasteiger charge is -2.41. The van der Waals surface area contributed by atoms with Crippen LogP contribution in [0.1, 0.15) is 136 Å². The van der Waals surface area contributed by atoms with Crippen LogP contribution in [0.5, 0.6) is 0 Å². The molecule has 5 N–H and O–H groups in total. The Bertz CT molecular complexity index is 2200. The molecule has 0 spiro atoms. The summed E-state index contributed by atoms with van der Waals surface area (Å²) in [7, 11) is 9.74. The maximum atomic E-state index is 15.0. The van der Waals surface area contributed by atoms with Gasteiger partial charge in [0.15, 0.2) is 0 Å². The predicted octanol–water partition coefficient (Wildman–Crippen LogP) is 1.61. The van der Waals surface area contributed by atoms with Crippen molar-refractivity contribution in [3.63, 3.8) is 0 Å². The highest BCUT2D eigenvalue weighted by molar-refractivity contribution is 5.99. The number of hydrogen-bond donors (Lipinski definition) is 5. The molecule has 1 saturated heterocycles. The Balaban J connectivity index is 4.17. The third-order valence-electron chi connectivity index (χ3n) is 15.2. The molecule has 0 aromatic carbocycles.